The van der Waals surface area contributed by atoms with Crippen molar-refractivity contribution in [2.45, 2.75) is 38.4 Å². The van der Waals surface area contributed by atoms with Crippen molar-refractivity contribution in [2.75, 3.05) is 13.7 Å². The lowest BCUT2D eigenvalue weighted by Gasteiger charge is -2.30. The summed E-state index contributed by atoms with van der Waals surface area (Å²) in [5.74, 6) is -2.57. The highest BCUT2D eigenvalue weighted by atomic mass is 16.6. The van der Waals surface area contributed by atoms with Gasteiger partial charge in [-0.2, -0.15) is 0 Å². The van der Waals surface area contributed by atoms with Crippen LogP contribution >= 0.6 is 0 Å². The Hall–Kier alpha value is -2.80. The second-order valence-corrected chi connectivity index (χ2v) is 7.43. The topological polar surface area (TPSA) is 96.0 Å². The molecule has 1 unspecified atom stereocenters. The lowest BCUT2D eigenvalue weighted by atomic mass is 9.77. The largest absolute Gasteiger partial charge is 0.467 e. The Morgan fingerprint density at radius 3 is 2.26 bits per heavy atom. The molecule has 1 aromatic rings. The van der Waals surface area contributed by atoms with Gasteiger partial charge in [0, 0.05) is 16.7 Å². The predicted octanol–water partition coefficient (Wildman–Crippen LogP) is 2.04. The highest BCUT2D eigenvalue weighted by Gasteiger charge is 2.57. The van der Waals surface area contributed by atoms with E-state index >= 15 is 0 Å². The Kier molecular flexibility index (Phi) is 4.51. The summed E-state index contributed by atoms with van der Waals surface area (Å²) in [6.07, 6.45) is -0.559. The summed E-state index contributed by atoms with van der Waals surface area (Å²) in [5.41, 5.74) is -2.42. The fourth-order valence-corrected chi connectivity index (χ4v) is 3.38. The normalized spacial score (nSPS) is 21.6. The van der Waals surface area contributed by atoms with Crippen molar-refractivity contribution in [1.82, 2.24) is 0 Å². The molecule has 0 bridgehead atoms. The highest BCUT2D eigenvalue weighted by molar-refractivity contribution is 6.30. The summed E-state index contributed by atoms with van der Waals surface area (Å²) in [7, 11) is 1.13. The summed E-state index contributed by atoms with van der Waals surface area (Å²) in [6.45, 7) is 4.79. The van der Waals surface area contributed by atoms with E-state index in [0.29, 0.717) is 0 Å². The van der Waals surface area contributed by atoms with Crippen molar-refractivity contribution < 1.29 is 33.4 Å². The first-order valence-electron chi connectivity index (χ1n) is 8.47. The summed E-state index contributed by atoms with van der Waals surface area (Å²) >= 11 is 0. The summed E-state index contributed by atoms with van der Waals surface area (Å²) in [5, 5.41) is 0. The lowest BCUT2D eigenvalue weighted by molar-refractivity contribution is -0.173. The van der Waals surface area contributed by atoms with Gasteiger partial charge in [0.1, 0.15) is 5.60 Å². The monoisotopic (exact) mass is 372 g/mol. The summed E-state index contributed by atoms with van der Waals surface area (Å²) in [4.78, 5) is 50.9. The molecule has 0 saturated carbocycles. The third-order valence-corrected chi connectivity index (χ3v) is 4.41. The molecule has 1 atom stereocenters. The quantitative estimate of drug-likeness (QED) is 0.749. The number of hydrogen-bond acceptors (Lipinski definition) is 7. The van der Waals surface area contributed by atoms with Gasteiger partial charge in [-0.25, -0.2) is 4.79 Å². The van der Waals surface area contributed by atoms with Gasteiger partial charge in [-0.05, 0) is 20.8 Å². The number of carbonyl (C=O) groups is 4. The number of esters is 2. The smallest absolute Gasteiger partial charge is 0.343 e. The maximum atomic E-state index is 13.1. The molecule has 0 radical (unpaired) electrons. The van der Waals surface area contributed by atoms with E-state index in [-0.39, 0.29) is 28.9 Å². The van der Waals surface area contributed by atoms with Gasteiger partial charge in [-0.1, -0.05) is 24.3 Å². The molecule has 3 rings (SSSR count). The molecule has 142 valence electrons. The number of benzene rings is 1. The Balaban J connectivity index is 2.09. The van der Waals surface area contributed by atoms with Crippen LogP contribution in [0.15, 0.2) is 35.4 Å². The Morgan fingerprint density at radius 2 is 1.70 bits per heavy atom. The van der Waals surface area contributed by atoms with E-state index in [1.165, 1.54) is 6.07 Å². The molecule has 1 heterocycles. The van der Waals surface area contributed by atoms with Crippen molar-refractivity contribution in [3.05, 3.63) is 46.5 Å². The Morgan fingerprint density at radius 1 is 1.11 bits per heavy atom. The van der Waals surface area contributed by atoms with Crippen LogP contribution in [0, 0.1) is 0 Å². The molecule has 7 nitrogen and oxygen atoms in total. The van der Waals surface area contributed by atoms with Crippen LogP contribution in [0.3, 0.4) is 0 Å². The van der Waals surface area contributed by atoms with Crippen molar-refractivity contribution in [2.24, 2.45) is 0 Å². The molecular weight excluding hydrogens is 352 g/mol. The minimum Gasteiger partial charge on any atom is -0.467 e. The number of ketones is 2. The van der Waals surface area contributed by atoms with Crippen molar-refractivity contribution in [1.29, 1.82) is 0 Å². The van der Waals surface area contributed by atoms with Crippen LogP contribution in [-0.4, -0.2) is 48.4 Å². The molecule has 1 aromatic carbocycles. The first-order valence-corrected chi connectivity index (χ1v) is 8.47. The van der Waals surface area contributed by atoms with E-state index < -0.39 is 41.1 Å². The zero-order valence-corrected chi connectivity index (χ0v) is 15.6. The van der Waals surface area contributed by atoms with Gasteiger partial charge in [0.05, 0.1) is 25.7 Å². The van der Waals surface area contributed by atoms with Gasteiger partial charge < -0.3 is 14.2 Å². The summed E-state index contributed by atoms with van der Waals surface area (Å²) < 4.78 is 15.7. The molecule has 1 aliphatic carbocycles. The predicted molar refractivity (Wildman–Crippen MR) is 93.3 cm³/mol. The molecule has 2 aliphatic rings. The maximum absolute atomic E-state index is 13.1. The molecular formula is C20H20O7. The average Bonchev–Trinajstić information content (AvgIpc) is 2.98. The van der Waals surface area contributed by atoms with Crippen molar-refractivity contribution in [3.63, 3.8) is 0 Å². The number of carbonyl (C=O) groups excluding carboxylic acids is 4. The van der Waals surface area contributed by atoms with E-state index in [9.17, 15) is 19.2 Å². The number of methoxy groups -OCH3 is 1. The fraction of sp³-hybridized carbons (Fsp3) is 0.400. The highest BCUT2D eigenvalue weighted by Crippen LogP contribution is 2.43. The minimum atomic E-state index is -1.99. The number of rotatable bonds is 3. The van der Waals surface area contributed by atoms with E-state index in [1.807, 2.05) is 0 Å². The number of hydrogen-bond donors (Lipinski definition) is 0. The minimum absolute atomic E-state index is 0.0765. The van der Waals surface area contributed by atoms with Gasteiger partial charge in [0.2, 0.25) is 5.60 Å². The molecule has 0 saturated heterocycles. The number of Topliss-reactive ketones (excluding diaryl/α,β-unsaturated/α-hetero) is 2. The van der Waals surface area contributed by atoms with Crippen LogP contribution in [0.2, 0.25) is 0 Å². The number of ether oxygens (including phenoxy) is 3. The zero-order chi connectivity index (χ0) is 20.0. The van der Waals surface area contributed by atoms with Gasteiger partial charge >= 0.3 is 11.9 Å². The molecule has 0 fully saturated rings. The lowest BCUT2D eigenvalue weighted by Crippen LogP contribution is -2.47. The standard InChI is InChI=1S/C20H20O7/c1-19(2,3)27-14(21)9-20(18(24)25-4)15-13(10-26-20)16(22)11-7-5-6-8-12(11)17(15)23/h5-8H,9-10H2,1-4H3. The van der Waals surface area contributed by atoms with Gasteiger partial charge in [0.25, 0.3) is 0 Å². The van der Waals surface area contributed by atoms with Gasteiger partial charge in [-0.15, -0.1) is 0 Å². The molecule has 0 spiro atoms. The molecule has 0 aromatic heterocycles. The van der Waals surface area contributed by atoms with E-state index in [4.69, 9.17) is 14.2 Å². The Bertz CT molecular complexity index is 888. The molecule has 0 N–H and O–H groups in total. The third kappa shape index (κ3) is 3.08. The van der Waals surface area contributed by atoms with E-state index in [1.54, 1.807) is 39.0 Å². The SMILES string of the molecule is COC(=O)C1(CC(=O)OC(C)(C)C)OCC2=C1C(=O)c1ccccc1C2=O. The van der Waals surface area contributed by atoms with Crippen LogP contribution in [0.1, 0.15) is 47.9 Å². The number of fused-ring (bicyclic) bond motifs is 1. The van der Waals surface area contributed by atoms with Gasteiger partial charge in [-0.3, -0.25) is 14.4 Å². The van der Waals surface area contributed by atoms with Crippen LogP contribution in [-0.2, 0) is 23.8 Å². The fourth-order valence-electron chi connectivity index (χ4n) is 3.38. The van der Waals surface area contributed by atoms with Crippen LogP contribution < -0.4 is 0 Å². The van der Waals surface area contributed by atoms with E-state index in [2.05, 4.69) is 0 Å². The third-order valence-electron chi connectivity index (χ3n) is 4.41. The second-order valence-electron chi connectivity index (χ2n) is 7.43. The maximum Gasteiger partial charge on any atom is 0.343 e. The second kappa shape index (κ2) is 6.42. The average molecular weight is 372 g/mol. The van der Waals surface area contributed by atoms with E-state index in [0.717, 1.165) is 7.11 Å². The molecule has 1 aliphatic heterocycles. The van der Waals surface area contributed by atoms with Gasteiger partial charge in [0.15, 0.2) is 11.6 Å². The first-order chi connectivity index (χ1) is 12.6. The molecule has 27 heavy (non-hydrogen) atoms. The molecule has 7 heteroatoms. The first kappa shape index (κ1) is 19.0. The Labute approximate surface area is 156 Å². The van der Waals surface area contributed by atoms with Crippen LogP contribution in [0.5, 0.6) is 0 Å². The molecule has 0 amide bonds. The zero-order valence-electron chi connectivity index (χ0n) is 15.6. The van der Waals surface area contributed by atoms with Crippen LogP contribution in [0.4, 0.5) is 0 Å². The van der Waals surface area contributed by atoms with Crippen molar-refractivity contribution in [3.8, 4) is 0 Å². The summed E-state index contributed by atoms with van der Waals surface area (Å²) in [6, 6.07) is 6.33. The van der Waals surface area contributed by atoms with Crippen LogP contribution in [0.25, 0.3) is 0 Å². The van der Waals surface area contributed by atoms with Crippen molar-refractivity contribution >= 4 is 23.5 Å².